The number of aromatic carboxylic acids is 1. The van der Waals surface area contributed by atoms with Crippen LogP contribution in [0.4, 0.5) is 5.69 Å². The number of aliphatic imine (C=N–C) groups is 1. The Labute approximate surface area is 183 Å². The number of hydrogen-bond donors (Lipinski definition) is 2. The Morgan fingerprint density at radius 2 is 1.97 bits per heavy atom. The van der Waals surface area contributed by atoms with E-state index in [2.05, 4.69) is 43.2 Å². The van der Waals surface area contributed by atoms with Gasteiger partial charge in [0.2, 0.25) is 0 Å². The Morgan fingerprint density at radius 1 is 1.19 bits per heavy atom. The number of carbonyl (C=O) groups is 1. The number of anilines is 1. The van der Waals surface area contributed by atoms with E-state index in [0.29, 0.717) is 12.0 Å². The van der Waals surface area contributed by atoms with Crippen LogP contribution in [0.1, 0.15) is 60.2 Å². The number of ether oxygens (including phenoxy) is 1. The zero-order valence-corrected chi connectivity index (χ0v) is 18.5. The van der Waals surface area contributed by atoms with Gasteiger partial charge >= 0.3 is 5.97 Å². The molecule has 1 atom stereocenters. The first-order chi connectivity index (χ1) is 14.9. The topological polar surface area (TPSA) is 70.9 Å². The number of nitrogens with zero attached hydrogens (tertiary/aromatic N) is 1. The van der Waals surface area contributed by atoms with Crippen molar-refractivity contribution >= 4 is 17.4 Å². The second-order valence-electron chi connectivity index (χ2n) is 7.97. The highest BCUT2D eigenvalue weighted by molar-refractivity contribution is 6.03. The van der Waals surface area contributed by atoms with Crippen LogP contribution in [-0.2, 0) is 0 Å². The van der Waals surface area contributed by atoms with Gasteiger partial charge in [0.1, 0.15) is 11.5 Å². The Hall–Kier alpha value is -3.34. The fourth-order valence-corrected chi connectivity index (χ4v) is 4.49. The summed E-state index contributed by atoms with van der Waals surface area (Å²) in [6.45, 7) is 9.75. The average molecular weight is 417 g/mol. The molecule has 4 rings (SSSR count). The van der Waals surface area contributed by atoms with Crippen LogP contribution in [0.5, 0.6) is 5.75 Å². The number of allylic oxidation sites excluding steroid dienone is 4. The summed E-state index contributed by atoms with van der Waals surface area (Å²) < 4.78 is 6.42. The van der Waals surface area contributed by atoms with E-state index in [-0.39, 0.29) is 5.92 Å². The fraction of sp³-hybridized carbons (Fsp3) is 0.308. The lowest BCUT2D eigenvalue weighted by molar-refractivity contribution is 0.0695. The molecule has 1 heterocycles. The van der Waals surface area contributed by atoms with Gasteiger partial charge in [-0.2, -0.15) is 0 Å². The van der Waals surface area contributed by atoms with Gasteiger partial charge in [-0.3, -0.25) is 4.99 Å². The molecule has 5 heteroatoms. The Bertz CT molecular complexity index is 1140. The van der Waals surface area contributed by atoms with Gasteiger partial charge < -0.3 is 15.2 Å². The number of benzene rings is 2. The van der Waals surface area contributed by atoms with E-state index in [1.165, 1.54) is 0 Å². The summed E-state index contributed by atoms with van der Waals surface area (Å²) in [5, 5.41) is 13.3. The third-order valence-corrected chi connectivity index (χ3v) is 5.91. The van der Waals surface area contributed by atoms with E-state index < -0.39 is 5.97 Å². The van der Waals surface area contributed by atoms with Gasteiger partial charge in [0.25, 0.3) is 0 Å². The van der Waals surface area contributed by atoms with Crippen LogP contribution in [0, 0.1) is 6.92 Å². The second-order valence-corrected chi connectivity index (χ2v) is 7.97. The lowest BCUT2D eigenvalue weighted by Gasteiger charge is -2.34. The minimum Gasteiger partial charge on any atom is -0.478 e. The molecular weight excluding hydrogens is 388 g/mol. The predicted octanol–water partition coefficient (Wildman–Crippen LogP) is 5.71. The molecule has 1 unspecified atom stereocenters. The maximum Gasteiger partial charge on any atom is 0.335 e. The molecule has 0 radical (unpaired) electrons. The van der Waals surface area contributed by atoms with Crippen molar-refractivity contribution in [1.82, 2.24) is 0 Å². The highest BCUT2D eigenvalue weighted by Gasteiger charge is 2.35. The highest BCUT2D eigenvalue weighted by atomic mass is 16.5. The maximum atomic E-state index is 12.1. The quantitative estimate of drug-likeness (QED) is 0.654. The Kier molecular flexibility index (Phi) is 5.68. The first-order valence-electron chi connectivity index (χ1n) is 10.8. The average Bonchev–Trinajstić information content (AvgIpc) is 2.74. The number of hydrogen-bond acceptors (Lipinski definition) is 4. The number of rotatable bonds is 5. The van der Waals surface area contributed by atoms with Crippen molar-refractivity contribution in [2.75, 3.05) is 18.4 Å². The first-order valence-corrected chi connectivity index (χ1v) is 10.8. The van der Waals surface area contributed by atoms with Crippen molar-refractivity contribution in [2.24, 2.45) is 4.99 Å². The summed E-state index contributed by atoms with van der Waals surface area (Å²) in [6, 6.07) is 11.4. The molecule has 0 bridgehead atoms. The number of aryl methyl sites for hydroxylation is 1. The summed E-state index contributed by atoms with van der Waals surface area (Å²) >= 11 is 0. The molecule has 0 aromatic heterocycles. The smallest absolute Gasteiger partial charge is 0.335 e. The van der Waals surface area contributed by atoms with E-state index in [1.807, 2.05) is 25.1 Å². The van der Waals surface area contributed by atoms with E-state index in [4.69, 9.17) is 4.74 Å². The molecule has 0 fully saturated rings. The van der Waals surface area contributed by atoms with Gasteiger partial charge in [-0.05, 0) is 62.6 Å². The van der Waals surface area contributed by atoms with Gasteiger partial charge in [0.05, 0.1) is 5.56 Å². The van der Waals surface area contributed by atoms with Crippen molar-refractivity contribution in [3.63, 3.8) is 0 Å². The summed E-state index contributed by atoms with van der Waals surface area (Å²) in [4.78, 5) is 16.7. The van der Waals surface area contributed by atoms with Gasteiger partial charge in [0, 0.05) is 54.0 Å². The monoisotopic (exact) mass is 416 g/mol. The molecule has 0 saturated carbocycles. The molecule has 5 nitrogen and oxygen atoms in total. The first kappa shape index (κ1) is 20.9. The predicted molar refractivity (Wildman–Crippen MR) is 125 cm³/mol. The molecule has 160 valence electrons. The molecule has 2 aromatic rings. The van der Waals surface area contributed by atoms with Gasteiger partial charge in [-0.15, -0.1) is 0 Å². The van der Waals surface area contributed by atoms with Crippen LogP contribution < -0.4 is 10.1 Å². The van der Waals surface area contributed by atoms with Crippen LogP contribution in [0.2, 0.25) is 0 Å². The molecule has 0 amide bonds. The van der Waals surface area contributed by atoms with E-state index >= 15 is 0 Å². The molecule has 2 N–H and O–H groups in total. The summed E-state index contributed by atoms with van der Waals surface area (Å²) in [7, 11) is 0. The van der Waals surface area contributed by atoms with Gasteiger partial charge in [-0.25, -0.2) is 4.79 Å². The Morgan fingerprint density at radius 3 is 2.68 bits per heavy atom. The summed E-state index contributed by atoms with van der Waals surface area (Å²) in [5.74, 6) is 0.492. The van der Waals surface area contributed by atoms with Gasteiger partial charge in [-0.1, -0.05) is 18.2 Å². The Balaban J connectivity index is 1.96. The summed E-state index contributed by atoms with van der Waals surface area (Å²) in [5.41, 5.74) is 7.37. The standard InChI is InChI=1S/C26H28N2O3/c1-5-27-21-13-23-19(11-15(21)3)25(17-9-7-8-10-18(17)26(29)30)20-12-16(4)22(28-6-2)14-24(20)31-23/h7-13,25,27H,5-6,14H2,1-4H3,(H,29,30). The molecule has 2 aliphatic rings. The lowest BCUT2D eigenvalue weighted by atomic mass is 9.76. The molecular formula is C26H28N2O3. The molecule has 2 aromatic carbocycles. The van der Waals surface area contributed by atoms with Crippen molar-refractivity contribution in [2.45, 2.75) is 40.0 Å². The zero-order chi connectivity index (χ0) is 22.1. The van der Waals surface area contributed by atoms with Crippen LogP contribution >= 0.6 is 0 Å². The van der Waals surface area contributed by atoms with Gasteiger partial charge in [0.15, 0.2) is 0 Å². The van der Waals surface area contributed by atoms with E-state index in [1.54, 1.807) is 12.1 Å². The van der Waals surface area contributed by atoms with Crippen LogP contribution in [0.3, 0.4) is 0 Å². The highest BCUT2D eigenvalue weighted by Crippen LogP contribution is 2.48. The van der Waals surface area contributed by atoms with Crippen molar-refractivity contribution in [1.29, 1.82) is 0 Å². The number of nitrogens with one attached hydrogen (secondary N) is 1. The van der Waals surface area contributed by atoms with E-state index in [9.17, 15) is 9.90 Å². The third kappa shape index (κ3) is 3.76. The fourth-order valence-electron chi connectivity index (χ4n) is 4.49. The largest absolute Gasteiger partial charge is 0.478 e. The number of fused-ring (bicyclic) bond motifs is 1. The van der Waals surface area contributed by atoms with E-state index in [0.717, 1.165) is 63.8 Å². The molecule has 1 aliphatic heterocycles. The normalized spacial score (nSPS) is 18.8. The third-order valence-electron chi connectivity index (χ3n) is 5.91. The van der Waals surface area contributed by atoms with Crippen LogP contribution in [0.15, 0.2) is 64.4 Å². The molecule has 0 spiro atoms. The van der Waals surface area contributed by atoms with Crippen molar-refractivity contribution < 1.29 is 14.6 Å². The van der Waals surface area contributed by atoms with Crippen LogP contribution in [0.25, 0.3) is 0 Å². The van der Waals surface area contributed by atoms with Crippen LogP contribution in [-0.4, -0.2) is 29.9 Å². The minimum absolute atomic E-state index is 0.210. The van der Waals surface area contributed by atoms with Crippen molar-refractivity contribution in [3.05, 3.63) is 81.6 Å². The number of carboxylic acid groups (broad SMARTS) is 1. The molecule has 0 saturated heterocycles. The SMILES string of the molecule is CCN=C1CC2=C(C=C1C)C(c1ccccc1C(=O)O)c1cc(C)c(NCC)cc1O2. The number of carboxylic acids is 1. The second kappa shape index (κ2) is 8.42. The van der Waals surface area contributed by atoms with Crippen molar-refractivity contribution in [3.8, 4) is 5.75 Å². The maximum absolute atomic E-state index is 12.1. The summed E-state index contributed by atoms with van der Waals surface area (Å²) in [6.07, 6.45) is 2.73. The minimum atomic E-state index is -0.920. The zero-order valence-electron chi connectivity index (χ0n) is 18.5. The molecule has 31 heavy (non-hydrogen) atoms. The lowest BCUT2D eigenvalue weighted by Crippen LogP contribution is -2.23. The molecule has 1 aliphatic carbocycles.